The highest BCUT2D eigenvalue weighted by Crippen LogP contribution is 2.14. The average Bonchev–Trinajstić information content (AvgIpc) is 2.58. The van der Waals surface area contributed by atoms with Gasteiger partial charge in [-0.2, -0.15) is 0 Å². The van der Waals surface area contributed by atoms with E-state index < -0.39 is 0 Å². The second-order valence-electron chi connectivity index (χ2n) is 5.53. The summed E-state index contributed by atoms with van der Waals surface area (Å²) in [7, 11) is 1.75. The third kappa shape index (κ3) is 5.11. The van der Waals surface area contributed by atoms with Crippen LogP contribution in [-0.4, -0.2) is 55.0 Å². The minimum atomic E-state index is -0.0746. The number of nitrogens with one attached hydrogen (secondary N) is 1. The molecule has 6 nitrogen and oxygen atoms in total. The molecule has 22 heavy (non-hydrogen) atoms. The van der Waals surface area contributed by atoms with Crippen LogP contribution in [0.25, 0.3) is 0 Å². The number of carbonyl (C=O) groups excluding carboxylic acids is 2. The van der Waals surface area contributed by atoms with Gasteiger partial charge in [0, 0.05) is 45.1 Å². The Hall–Kier alpha value is -1.95. The predicted molar refractivity (Wildman–Crippen MR) is 82.1 cm³/mol. The van der Waals surface area contributed by atoms with E-state index in [4.69, 9.17) is 4.74 Å². The first kappa shape index (κ1) is 16.4. The highest BCUT2D eigenvalue weighted by molar-refractivity contribution is 5.85. The molecule has 0 atom stereocenters. The molecule has 2 amide bonds. The molecule has 0 aliphatic carbocycles. The summed E-state index contributed by atoms with van der Waals surface area (Å²) in [6.07, 6.45) is 5.73. The first-order chi connectivity index (χ1) is 10.7. The molecule has 2 rings (SSSR count). The molecule has 0 saturated carbocycles. The lowest BCUT2D eigenvalue weighted by molar-refractivity contribution is -0.134. The molecule has 2 heterocycles. The molecule has 1 saturated heterocycles. The fourth-order valence-electron chi connectivity index (χ4n) is 2.37. The zero-order chi connectivity index (χ0) is 15.8. The van der Waals surface area contributed by atoms with Crippen molar-refractivity contribution in [3.8, 4) is 0 Å². The Labute approximate surface area is 130 Å². The zero-order valence-electron chi connectivity index (χ0n) is 13.0. The second kappa shape index (κ2) is 8.48. The molecular formula is C16H23N3O3. The van der Waals surface area contributed by atoms with Crippen molar-refractivity contribution >= 4 is 11.8 Å². The molecule has 1 aliphatic rings. The second-order valence-corrected chi connectivity index (χ2v) is 5.53. The van der Waals surface area contributed by atoms with Gasteiger partial charge in [0.1, 0.15) is 0 Å². The number of aromatic nitrogens is 1. The van der Waals surface area contributed by atoms with E-state index in [1.807, 2.05) is 12.1 Å². The number of hydrogen-bond donors (Lipinski definition) is 1. The molecule has 0 radical (unpaired) electrons. The molecule has 1 aromatic heterocycles. The summed E-state index contributed by atoms with van der Waals surface area (Å²) < 4.78 is 5.23. The Morgan fingerprint density at radius 2 is 2.00 bits per heavy atom. The van der Waals surface area contributed by atoms with Gasteiger partial charge in [-0.3, -0.25) is 14.6 Å². The number of hydrogen-bond acceptors (Lipinski definition) is 4. The fourth-order valence-corrected chi connectivity index (χ4v) is 2.37. The first-order valence-corrected chi connectivity index (χ1v) is 7.65. The molecule has 0 spiro atoms. The minimum absolute atomic E-state index is 0.0244. The van der Waals surface area contributed by atoms with E-state index in [1.165, 1.54) is 0 Å². The van der Waals surface area contributed by atoms with Crippen LogP contribution in [0, 0.1) is 5.92 Å². The smallest absolute Gasteiger partial charge is 0.241 e. The van der Waals surface area contributed by atoms with Crippen molar-refractivity contribution in [2.24, 2.45) is 5.92 Å². The Bertz CT molecular complexity index is 487. The molecule has 1 aromatic rings. The third-order valence-corrected chi connectivity index (χ3v) is 3.92. The van der Waals surface area contributed by atoms with Crippen LogP contribution in [-0.2, 0) is 20.7 Å². The molecule has 6 heteroatoms. The van der Waals surface area contributed by atoms with Gasteiger partial charge in [-0.05, 0) is 37.0 Å². The van der Waals surface area contributed by atoms with Crippen molar-refractivity contribution in [1.82, 2.24) is 15.2 Å². The lowest BCUT2D eigenvalue weighted by Crippen LogP contribution is -2.42. The first-order valence-electron chi connectivity index (χ1n) is 7.65. The van der Waals surface area contributed by atoms with E-state index in [9.17, 15) is 9.59 Å². The molecule has 0 unspecified atom stereocenters. The summed E-state index contributed by atoms with van der Waals surface area (Å²) in [5, 5.41) is 2.74. The Balaban J connectivity index is 1.68. The monoisotopic (exact) mass is 305 g/mol. The minimum Gasteiger partial charge on any atom is -0.381 e. The molecule has 0 aromatic carbocycles. The normalized spacial score (nSPS) is 15.3. The quantitative estimate of drug-likeness (QED) is 0.836. The summed E-state index contributed by atoms with van der Waals surface area (Å²) in [4.78, 5) is 29.6. The van der Waals surface area contributed by atoms with Gasteiger partial charge in [0.2, 0.25) is 11.8 Å². The van der Waals surface area contributed by atoms with Gasteiger partial charge in [-0.25, -0.2) is 0 Å². The van der Waals surface area contributed by atoms with Crippen molar-refractivity contribution in [3.63, 3.8) is 0 Å². The van der Waals surface area contributed by atoms with Crippen molar-refractivity contribution in [3.05, 3.63) is 30.1 Å². The Morgan fingerprint density at radius 3 is 2.68 bits per heavy atom. The van der Waals surface area contributed by atoms with Crippen molar-refractivity contribution in [2.45, 2.75) is 19.3 Å². The van der Waals surface area contributed by atoms with Gasteiger partial charge in [0.15, 0.2) is 0 Å². The Morgan fingerprint density at radius 1 is 1.32 bits per heavy atom. The highest BCUT2D eigenvalue weighted by atomic mass is 16.5. The van der Waals surface area contributed by atoms with E-state index in [1.54, 1.807) is 24.3 Å². The third-order valence-electron chi connectivity index (χ3n) is 3.92. The van der Waals surface area contributed by atoms with Crippen LogP contribution in [0.15, 0.2) is 24.5 Å². The number of amides is 2. The molecule has 0 bridgehead atoms. The Kier molecular flexibility index (Phi) is 6.33. The largest absolute Gasteiger partial charge is 0.381 e. The number of rotatable bonds is 6. The van der Waals surface area contributed by atoms with E-state index in [0.717, 1.165) is 24.8 Å². The van der Waals surface area contributed by atoms with Gasteiger partial charge >= 0.3 is 0 Å². The van der Waals surface area contributed by atoms with Crippen LogP contribution in [0.5, 0.6) is 0 Å². The van der Waals surface area contributed by atoms with Crippen LogP contribution in [0.3, 0.4) is 0 Å². The van der Waals surface area contributed by atoms with Gasteiger partial charge in [-0.1, -0.05) is 0 Å². The van der Waals surface area contributed by atoms with Gasteiger partial charge in [0.25, 0.3) is 0 Å². The number of carbonyl (C=O) groups is 2. The molecule has 1 aliphatic heterocycles. The number of nitrogens with zero attached hydrogens (tertiary/aromatic N) is 2. The zero-order valence-corrected chi connectivity index (χ0v) is 13.0. The van der Waals surface area contributed by atoms with Crippen molar-refractivity contribution in [2.75, 3.05) is 33.4 Å². The number of ether oxygens (including phenoxy) is 1. The number of pyridine rings is 1. The topological polar surface area (TPSA) is 71.5 Å². The van der Waals surface area contributed by atoms with Crippen LogP contribution < -0.4 is 5.32 Å². The summed E-state index contributed by atoms with van der Waals surface area (Å²) in [5.41, 5.74) is 1.14. The van der Waals surface area contributed by atoms with Gasteiger partial charge < -0.3 is 15.0 Å². The van der Waals surface area contributed by atoms with Crippen molar-refractivity contribution < 1.29 is 14.3 Å². The predicted octanol–water partition coefficient (Wildman–Crippen LogP) is 0.625. The van der Waals surface area contributed by atoms with E-state index in [0.29, 0.717) is 19.8 Å². The maximum atomic E-state index is 12.0. The summed E-state index contributed by atoms with van der Waals surface area (Å²) in [5.74, 6) is -0.141. The molecular weight excluding hydrogens is 282 g/mol. The molecule has 120 valence electrons. The lowest BCUT2D eigenvalue weighted by atomic mass is 9.99. The average molecular weight is 305 g/mol. The molecule has 1 fully saturated rings. The standard InChI is InChI=1S/C16H23N3O3/c1-19(9-4-13-2-7-17-8-3-13)15(20)12-18-16(21)14-5-10-22-11-6-14/h2-3,7-8,14H,4-6,9-12H2,1H3,(H,18,21). The van der Waals surface area contributed by atoms with Crippen LogP contribution in [0.1, 0.15) is 18.4 Å². The van der Waals surface area contributed by atoms with Gasteiger partial charge in [0.05, 0.1) is 6.54 Å². The van der Waals surface area contributed by atoms with E-state index in [-0.39, 0.29) is 24.3 Å². The summed E-state index contributed by atoms with van der Waals surface area (Å²) in [6, 6.07) is 3.87. The van der Waals surface area contributed by atoms with Crippen LogP contribution in [0.4, 0.5) is 0 Å². The van der Waals surface area contributed by atoms with E-state index in [2.05, 4.69) is 10.3 Å². The number of likely N-dealkylation sites (N-methyl/N-ethyl adjacent to an activating group) is 1. The van der Waals surface area contributed by atoms with Crippen LogP contribution in [0.2, 0.25) is 0 Å². The SMILES string of the molecule is CN(CCc1ccncc1)C(=O)CNC(=O)C1CCOCC1. The lowest BCUT2D eigenvalue weighted by Gasteiger charge is -2.22. The van der Waals surface area contributed by atoms with Gasteiger partial charge in [-0.15, -0.1) is 0 Å². The fraction of sp³-hybridized carbons (Fsp3) is 0.562. The maximum absolute atomic E-state index is 12.0. The van der Waals surface area contributed by atoms with Crippen LogP contribution >= 0.6 is 0 Å². The summed E-state index contributed by atoms with van der Waals surface area (Å²) >= 11 is 0. The maximum Gasteiger partial charge on any atom is 0.241 e. The molecule has 1 N–H and O–H groups in total. The van der Waals surface area contributed by atoms with Crippen molar-refractivity contribution in [1.29, 1.82) is 0 Å². The highest BCUT2D eigenvalue weighted by Gasteiger charge is 2.22. The van der Waals surface area contributed by atoms with E-state index >= 15 is 0 Å². The summed E-state index contributed by atoms with van der Waals surface area (Å²) in [6.45, 7) is 1.93.